The van der Waals surface area contributed by atoms with Gasteiger partial charge in [-0.25, -0.2) is 0 Å². The summed E-state index contributed by atoms with van der Waals surface area (Å²) in [6.07, 6.45) is 3.09. The topological polar surface area (TPSA) is 102 Å². The third kappa shape index (κ3) is 4.64. The molecule has 0 fully saturated rings. The van der Waals surface area contributed by atoms with Crippen LogP contribution in [-0.2, 0) is 22.7 Å². The smallest absolute Gasteiger partial charge is 0.241 e. The van der Waals surface area contributed by atoms with Gasteiger partial charge in [-0.1, -0.05) is 12.1 Å². The molecule has 2 rings (SSSR count). The zero-order valence-electron chi connectivity index (χ0n) is 11.7. The Hall–Kier alpha value is -2.83. The van der Waals surface area contributed by atoms with Crippen molar-refractivity contribution in [2.75, 3.05) is 11.1 Å². The van der Waals surface area contributed by atoms with Gasteiger partial charge in [-0.05, 0) is 17.7 Å². The van der Waals surface area contributed by atoms with Crippen LogP contribution < -0.4 is 16.4 Å². The van der Waals surface area contributed by atoms with Crippen molar-refractivity contribution < 1.29 is 9.59 Å². The van der Waals surface area contributed by atoms with Crippen LogP contribution in [0.1, 0.15) is 12.5 Å². The van der Waals surface area contributed by atoms with Crippen LogP contribution in [0.25, 0.3) is 0 Å². The molecular weight excluding hydrogens is 270 g/mol. The molecular formula is C14H17N5O2. The number of nitrogen functional groups attached to an aromatic ring is 1. The molecule has 1 aromatic heterocycles. The summed E-state index contributed by atoms with van der Waals surface area (Å²) in [4.78, 5) is 22.6. The van der Waals surface area contributed by atoms with Crippen LogP contribution in [0.15, 0.2) is 36.7 Å². The van der Waals surface area contributed by atoms with Crippen molar-refractivity contribution >= 4 is 23.2 Å². The number of anilines is 2. The second-order valence-corrected chi connectivity index (χ2v) is 4.63. The molecule has 0 saturated heterocycles. The molecule has 7 heteroatoms. The molecule has 4 N–H and O–H groups in total. The highest BCUT2D eigenvalue weighted by Crippen LogP contribution is 2.09. The Kier molecular flexibility index (Phi) is 4.55. The standard InChI is InChI=1S/C14H17N5O2/c1-10(20)18-13-4-2-11(3-5-13)6-16-14(21)9-19-8-12(15)7-17-19/h2-5,7-8H,6,9,15H2,1H3,(H,16,21)(H,18,20). The molecule has 0 aliphatic heterocycles. The summed E-state index contributed by atoms with van der Waals surface area (Å²) in [5.41, 5.74) is 7.72. The lowest BCUT2D eigenvalue weighted by atomic mass is 10.2. The van der Waals surface area contributed by atoms with E-state index in [2.05, 4.69) is 15.7 Å². The lowest BCUT2D eigenvalue weighted by Gasteiger charge is -2.07. The van der Waals surface area contributed by atoms with E-state index in [1.165, 1.54) is 17.8 Å². The van der Waals surface area contributed by atoms with Crippen molar-refractivity contribution in [1.29, 1.82) is 0 Å². The van der Waals surface area contributed by atoms with E-state index in [0.29, 0.717) is 12.2 Å². The predicted octanol–water partition coefficient (Wildman–Crippen LogP) is 0.740. The predicted molar refractivity (Wildman–Crippen MR) is 79.2 cm³/mol. The van der Waals surface area contributed by atoms with Crippen molar-refractivity contribution in [3.63, 3.8) is 0 Å². The van der Waals surface area contributed by atoms with E-state index in [9.17, 15) is 9.59 Å². The number of nitrogens with one attached hydrogen (secondary N) is 2. The van der Waals surface area contributed by atoms with Gasteiger partial charge >= 0.3 is 0 Å². The van der Waals surface area contributed by atoms with E-state index in [1.807, 2.05) is 12.1 Å². The van der Waals surface area contributed by atoms with Gasteiger partial charge in [0.15, 0.2) is 0 Å². The first-order chi connectivity index (χ1) is 10.0. The zero-order valence-corrected chi connectivity index (χ0v) is 11.7. The van der Waals surface area contributed by atoms with Gasteiger partial charge in [0.05, 0.1) is 11.9 Å². The van der Waals surface area contributed by atoms with Gasteiger partial charge in [0.25, 0.3) is 0 Å². The minimum absolute atomic E-state index is 0.116. The maximum absolute atomic E-state index is 11.7. The van der Waals surface area contributed by atoms with E-state index in [0.717, 1.165) is 11.3 Å². The number of aromatic nitrogens is 2. The lowest BCUT2D eigenvalue weighted by molar-refractivity contribution is -0.122. The van der Waals surface area contributed by atoms with Crippen molar-refractivity contribution in [1.82, 2.24) is 15.1 Å². The number of carbonyl (C=O) groups is 2. The third-order valence-corrected chi connectivity index (χ3v) is 2.72. The monoisotopic (exact) mass is 287 g/mol. The van der Waals surface area contributed by atoms with Gasteiger partial charge in [0.1, 0.15) is 6.54 Å². The first-order valence-corrected chi connectivity index (χ1v) is 6.44. The van der Waals surface area contributed by atoms with Crippen LogP contribution in [0.5, 0.6) is 0 Å². The molecule has 2 aromatic rings. The number of amides is 2. The third-order valence-electron chi connectivity index (χ3n) is 2.72. The molecule has 0 aliphatic carbocycles. The number of rotatable bonds is 5. The first kappa shape index (κ1) is 14.6. The Labute approximate surface area is 122 Å². The molecule has 2 amide bonds. The van der Waals surface area contributed by atoms with Gasteiger partial charge in [0, 0.05) is 25.4 Å². The number of nitrogens with two attached hydrogens (primary N) is 1. The fraction of sp³-hybridized carbons (Fsp3) is 0.214. The second kappa shape index (κ2) is 6.56. The van der Waals surface area contributed by atoms with Gasteiger partial charge in [-0.3, -0.25) is 14.3 Å². The summed E-state index contributed by atoms with van der Waals surface area (Å²) >= 11 is 0. The van der Waals surface area contributed by atoms with Crippen LogP contribution in [0.4, 0.5) is 11.4 Å². The van der Waals surface area contributed by atoms with Gasteiger partial charge in [-0.2, -0.15) is 5.10 Å². The molecule has 110 valence electrons. The van der Waals surface area contributed by atoms with Crippen LogP contribution in [0.2, 0.25) is 0 Å². The number of carbonyl (C=O) groups excluding carboxylic acids is 2. The summed E-state index contributed by atoms with van der Waals surface area (Å²) < 4.78 is 1.48. The van der Waals surface area contributed by atoms with Gasteiger partial charge in [0.2, 0.25) is 11.8 Å². The fourth-order valence-corrected chi connectivity index (χ4v) is 1.78. The number of hydrogen-bond acceptors (Lipinski definition) is 4. The maximum Gasteiger partial charge on any atom is 0.241 e. The van der Waals surface area contributed by atoms with E-state index >= 15 is 0 Å². The van der Waals surface area contributed by atoms with E-state index in [-0.39, 0.29) is 18.4 Å². The van der Waals surface area contributed by atoms with Gasteiger partial charge in [-0.15, -0.1) is 0 Å². The van der Waals surface area contributed by atoms with Crippen molar-refractivity contribution in [3.05, 3.63) is 42.2 Å². The largest absolute Gasteiger partial charge is 0.396 e. The lowest BCUT2D eigenvalue weighted by Crippen LogP contribution is -2.27. The maximum atomic E-state index is 11.7. The molecule has 0 atom stereocenters. The quantitative estimate of drug-likeness (QED) is 0.754. The molecule has 21 heavy (non-hydrogen) atoms. The fourth-order valence-electron chi connectivity index (χ4n) is 1.78. The molecule has 0 unspecified atom stereocenters. The average Bonchev–Trinajstić information content (AvgIpc) is 2.83. The van der Waals surface area contributed by atoms with Crippen molar-refractivity contribution in [3.8, 4) is 0 Å². The number of hydrogen-bond donors (Lipinski definition) is 3. The number of nitrogens with zero attached hydrogens (tertiary/aromatic N) is 2. The summed E-state index contributed by atoms with van der Waals surface area (Å²) in [6.45, 7) is 1.99. The summed E-state index contributed by atoms with van der Waals surface area (Å²) in [6, 6.07) is 7.27. The highest BCUT2D eigenvalue weighted by atomic mass is 16.2. The minimum atomic E-state index is -0.149. The molecule has 7 nitrogen and oxygen atoms in total. The molecule has 1 aromatic carbocycles. The van der Waals surface area contributed by atoms with Gasteiger partial charge < -0.3 is 16.4 Å². The Balaban J connectivity index is 1.82. The van der Waals surface area contributed by atoms with Crippen LogP contribution in [0, 0.1) is 0 Å². The molecule has 0 radical (unpaired) electrons. The Morgan fingerprint density at radius 2 is 2.00 bits per heavy atom. The summed E-state index contributed by atoms with van der Waals surface area (Å²) in [5.74, 6) is -0.265. The highest BCUT2D eigenvalue weighted by Gasteiger charge is 2.04. The summed E-state index contributed by atoms with van der Waals surface area (Å²) in [5, 5.41) is 9.41. The molecule has 0 bridgehead atoms. The van der Waals surface area contributed by atoms with E-state index < -0.39 is 0 Å². The first-order valence-electron chi connectivity index (χ1n) is 6.44. The normalized spacial score (nSPS) is 10.1. The Bertz CT molecular complexity index is 633. The SMILES string of the molecule is CC(=O)Nc1ccc(CNC(=O)Cn2cc(N)cn2)cc1. The molecule has 0 aliphatic rings. The zero-order chi connectivity index (χ0) is 15.2. The molecule has 1 heterocycles. The average molecular weight is 287 g/mol. The van der Waals surface area contributed by atoms with Crippen LogP contribution in [-0.4, -0.2) is 21.6 Å². The Morgan fingerprint density at radius 1 is 1.29 bits per heavy atom. The van der Waals surface area contributed by atoms with E-state index in [4.69, 9.17) is 5.73 Å². The van der Waals surface area contributed by atoms with Crippen molar-refractivity contribution in [2.24, 2.45) is 0 Å². The highest BCUT2D eigenvalue weighted by molar-refractivity contribution is 5.88. The van der Waals surface area contributed by atoms with Crippen molar-refractivity contribution in [2.45, 2.75) is 20.0 Å². The Morgan fingerprint density at radius 3 is 2.57 bits per heavy atom. The number of benzene rings is 1. The molecule has 0 spiro atoms. The van der Waals surface area contributed by atoms with Crippen LogP contribution in [0.3, 0.4) is 0 Å². The minimum Gasteiger partial charge on any atom is -0.396 e. The van der Waals surface area contributed by atoms with Crippen LogP contribution >= 0.6 is 0 Å². The van der Waals surface area contributed by atoms with E-state index in [1.54, 1.807) is 18.3 Å². The molecule has 0 saturated carbocycles. The summed E-state index contributed by atoms with van der Waals surface area (Å²) in [7, 11) is 0. The second-order valence-electron chi connectivity index (χ2n) is 4.63.